The molecule has 0 saturated heterocycles. The third kappa shape index (κ3) is 4.96. The predicted molar refractivity (Wildman–Crippen MR) is 127 cm³/mol. The third-order valence-corrected chi connectivity index (χ3v) is 4.98. The van der Waals surface area contributed by atoms with Crippen LogP contribution in [0, 0.1) is 0 Å². The van der Waals surface area contributed by atoms with Gasteiger partial charge in [-0.25, -0.2) is 10.9 Å². The molecule has 8 heteroatoms. The molecule has 4 aromatic rings. The summed E-state index contributed by atoms with van der Waals surface area (Å²) in [7, 11) is 0. The second kappa shape index (κ2) is 9.61. The molecule has 8 nitrogen and oxygen atoms in total. The third-order valence-electron chi connectivity index (χ3n) is 4.98. The number of aromatic hydroxyl groups is 2. The Bertz CT molecular complexity index is 1310. The van der Waals surface area contributed by atoms with Crippen molar-refractivity contribution in [3.8, 4) is 11.5 Å². The maximum atomic E-state index is 12.0. The summed E-state index contributed by atoms with van der Waals surface area (Å²) < 4.78 is 0. The van der Waals surface area contributed by atoms with Crippen molar-refractivity contribution in [2.45, 2.75) is 6.42 Å². The van der Waals surface area contributed by atoms with Gasteiger partial charge in [0.25, 0.3) is 0 Å². The quantitative estimate of drug-likeness (QED) is 0.208. The highest BCUT2D eigenvalue weighted by molar-refractivity contribution is 6.04. The zero-order valence-electron chi connectivity index (χ0n) is 17.4. The molecule has 2 amide bonds. The Morgan fingerprint density at radius 2 is 1.09 bits per heavy atom. The van der Waals surface area contributed by atoms with Gasteiger partial charge >= 0.3 is 0 Å². The topological polar surface area (TPSA) is 123 Å². The Balaban J connectivity index is 1.35. The highest BCUT2D eigenvalue weighted by atomic mass is 16.3. The summed E-state index contributed by atoms with van der Waals surface area (Å²) in [4.78, 5) is 24.0. The van der Waals surface area contributed by atoms with E-state index in [0.29, 0.717) is 11.1 Å². The molecule has 0 atom stereocenters. The molecule has 0 bridgehead atoms. The van der Waals surface area contributed by atoms with Crippen LogP contribution in [0.25, 0.3) is 21.5 Å². The molecule has 164 valence electrons. The fraction of sp³-hybridized carbons (Fsp3) is 0.0400. The molecule has 0 aliphatic rings. The number of amides is 2. The molecule has 0 fully saturated rings. The van der Waals surface area contributed by atoms with E-state index >= 15 is 0 Å². The van der Waals surface area contributed by atoms with E-state index in [1.807, 2.05) is 48.5 Å². The van der Waals surface area contributed by atoms with E-state index < -0.39 is 18.2 Å². The molecule has 0 unspecified atom stereocenters. The monoisotopic (exact) mass is 440 g/mol. The smallest absolute Gasteiger partial charge is 0.249 e. The largest absolute Gasteiger partial charge is 0.507 e. The summed E-state index contributed by atoms with van der Waals surface area (Å²) in [5, 5.41) is 31.3. The van der Waals surface area contributed by atoms with Crippen LogP contribution in [0.15, 0.2) is 83.0 Å². The van der Waals surface area contributed by atoms with Crippen LogP contribution < -0.4 is 10.9 Å². The van der Waals surface area contributed by atoms with Crippen LogP contribution in [0.1, 0.15) is 17.5 Å². The first-order chi connectivity index (χ1) is 16.0. The number of hydrogen-bond donors (Lipinski definition) is 4. The van der Waals surface area contributed by atoms with Crippen LogP contribution in [-0.4, -0.2) is 34.5 Å². The summed E-state index contributed by atoms with van der Waals surface area (Å²) >= 11 is 0. The zero-order chi connectivity index (χ0) is 23.2. The molecule has 4 aromatic carbocycles. The van der Waals surface area contributed by atoms with Crippen LogP contribution in [0.3, 0.4) is 0 Å². The fourth-order valence-electron chi connectivity index (χ4n) is 3.40. The van der Waals surface area contributed by atoms with E-state index in [1.165, 1.54) is 12.4 Å². The Morgan fingerprint density at radius 3 is 1.55 bits per heavy atom. The van der Waals surface area contributed by atoms with Crippen LogP contribution >= 0.6 is 0 Å². The highest BCUT2D eigenvalue weighted by Gasteiger charge is 2.09. The van der Waals surface area contributed by atoms with Crippen molar-refractivity contribution in [2.24, 2.45) is 10.2 Å². The minimum atomic E-state index is -0.647. The Morgan fingerprint density at radius 1 is 0.667 bits per heavy atom. The number of nitrogens with zero attached hydrogens (tertiary/aromatic N) is 2. The van der Waals surface area contributed by atoms with Gasteiger partial charge in [-0.3, -0.25) is 9.59 Å². The maximum absolute atomic E-state index is 12.0. The number of rotatable bonds is 6. The Hall–Kier alpha value is -4.72. The first-order valence-corrected chi connectivity index (χ1v) is 10.1. The van der Waals surface area contributed by atoms with Gasteiger partial charge in [-0.1, -0.05) is 60.7 Å². The first kappa shape index (κ1) is 21.5. The lowest BCUT2D eigenvalue weighted by Crippen LogP contribution is -2.27. The normalized spacial score (nSPS) is 11.4. The van der Waals surface area contributed by atoms with Crippen molar-refractivity contribution < 1.29 is 19.8 Å². The van der Waals surface area contributed by atoms with Crippen molar-refractivity contribution in [3.63, 3.8) is 0 Å². The van der Waals surface area contributed by atoms with Gasteiger partial charge in [-0.15, -0.1) is 0 Å². The van der Waals surface area contributed by atoms with Crippen LogP contribution in [0.2, 0.25) is 0 Å². The molecule has 33 heavy (non-hydrogen) atoms. The van der Waals surface area contributed by atoms with Crippen molar-refractivity contribution in [2.75, 3.05) is 0 Å². The summed E-state index contributed by atoms with van der Waals surface area (Å²) in [6.07, 6.45) is 2.15. The number of phenols is 2. The Labute approximate surface area is 188 Å². The lowest BCUT2D eigenvalue weighted by molar-refractivity contribution is -0.129. The van der Waals surface area contributed by atoms with Crippen LogP contribution in [-0.2, 0) is 9.59 Å². The van der Waals surface area contributed by atoms with Gasteiger partial charge in [-0.2, -0.15) is 10.2 Å². The zero-order valence-corrected chi connectivity index (χ0v) is 17.4. The molecule has 0 spiro atoms. The second-order valence-corrected chi connectivity index (χ2v) is 7.20. The number of benzene rings is 4. The van der Waals surface area contributed by atoms with Gasteiger partial charge in [0, 0.05) is 11.1 Å². The van der Waals surface area contributed by atoms with Gasteiger partial charge in [-0.05, 0) is 33.7 Å². The second-order valence-electron chi connectivity index (χ2n) is 7.20. The molecule has 0 saturated carbocycles. The number of hydrogen-bond acceptors (Lipinski definition) is 6. The number of hydrazone groups is 2. The molecule has 4 rings (SSSR count). The minimum Gasteiger partial charge on any atom is -0.507 e. The maximum Gasteiger partial charge on any atom is 0.249 e. The Kier molecular flexibility index (Phi) is 6.26. The highest BCUT2D eigenvalue weighted by Crippen LogP contribution is 2.26. The SMILES string of the molecule is O=C(CC(=O)N/N=C\c1c(O)ccc2ccccc12)N/N=C\c1c(O)ccc2ccccc12. The van der Waals surface area contributed by atoms with Crippen molar-refractivity contribution in [1.82, 2.24) is 10.9 Å². The van der Waals surface area contributed by atoms with Crippen molar-refractivity contribution in [1.29, 1.82) is 0 Å². The molecule has 0 aromatic heterocycles. The summed E-state index contributed by atoms with van der Waals surface area (Å²) in [5.41, 5.74) is 5.44. The number of phenolic OH excluding ortho intramolecular Hbond substituents is 2. The minimum absolute atomic E-state index is 0.0236. The van der Waals surface area contributed by atoms with Crippen molar-refractivity contribution in [3.05, 3.63) is 83.9 Å². The summed E-state index contributed by atoms with van der Waals surface area (Å²) in [6, 6.07) is 21.5. The van der Waals surface area contributed by atoms with E-state index in [2.05, 4.69) is 21.1 Å². The van der Waals surface area contributed by atoms with Gasteiger partial charge in [0.1, 0.15) is 17.9 Å². The van der Waals surface area contributed by atoms with E-state index in [1.54, 1.807) is 24.3 Å². The van der Waals surface area contributed by atoms with Crippen molar-refractivity contribution >= 4 is 45.8 Å². The molecule has 0 aliphatic heterocycles. The van der Waals surface area contributed by atoms with Gasteiger partial charge in [0.2, 0.25) is 11.8 Å². The standard InChI is InChI=1S/C25H20N4O4/c30-22-11-9-16-5-1-3-7-18(16)20(22)14-26-28-24(32)13-25(33)29-27-15-21-19-8-4-2-6-17(19)10-12-23(21)31/h1-12,14-15,30-31H,13H2,(H,28,32)(H,29,33)/b26-14-,27-15-. The molecule has 4 N–H and O–H groups in total. The number of nitrogens with one attached hydrogen (secondary N) is 2. The number of carbonyl (C=O) groups is 2. The van der Waals surface area contributed by atoms with E-state index in [4.69, 9.17) is 0 Å². The molecule has 0 aliphatic carbocycles. The predicted octanol–water partition coefficient (Wildman–Crippen LogP) is 3.39. The molecule has 0 heterocycles. The lowest BCUT2D eigenvalue weighted by atomic mass is 10.0. The van der Waals surface area contributed by atoms with Gasteiger partial charge < -0.3 is 10.2 Å². The first-order valence-electron chi connectivity index (χ1n) is 10.1. The van der Waals surface area contributed by atoms with E-state index in [-0.39, 0.29) is 11.5 Å². The molecular formula is C25H20N4O4. The van der Waals surface area contributed by atoms with E-state index in [9.17, 15) is 19.8 Å². The lowest BCUT2D eigenvalue weighted by Gasteiger charge is -2.05. The number of carbonyl (C=O) groups excluding carboxylic acids is 2. The average Bonchev–Trinajstić information content (AvgIpc) is 2.82. The number of fused-ring (bicyclic) bond motifs is 2. The van der Waals surface area contributed by atoms with Crippen LogP contribution in [0.4, 0.5) is 0 Å². The summed E-state index contributed by atoms with van der Waals surface area (Å²) in [5.74, 6) is -1.25. The van der Waals surface area contributed by atoms with Gasteiger partial charge in [0.15, 0.2) is 0 Å². The molecule has 0 radical (unpaired) electrons. The van der Waals surface area contributed by atoms with Gasteiger partial charge in [0.05, 0.1) is 12.4 Å². The summed E-state index contributed by atoms with van der Waals surface area (Å²) in [6.45, 7) is 0. The average molecular weight is 440 g/mol. The fourth-order valence-corrected chi connectivity index (χ4v) is 3.40. The van der Waals surface area contributed by atoms with Crippen LogP contribution in [0.5, 0.6) is 11.5 Å². The molecular weight excluding hydrogens is 420 g/mol. The van der Waals surface area contributed by atoms with E-state index in [0.717, 1.165) is 21.5 Å².